The minimum Gasteiger partial charge on any atom is -0.348 e. The molecule has 0 unspecified atom stereocenters. The summed E-state index contributed by atoms with van der Waals surface area (Å²) in [5.41, 5.74) is 6.94. The van der Waals surface area contributed by atoms with Crippen LogP contribution in [0.15, 0.2) is 65.6 Å². The maximum Gasteiger partial charge on any atom is 0.264 e. The van der Waals surface area contributed by atoms with Gasteiger partial charge in [0, 0.05) is 0 Å². The lowest BCUT2D eigenvalue weighted by molar-refractivity contribution is -0.120. The van der Waals surface area contributed by atoms with Gasteiger partial charge in [-0.2, -0.15) is 0 Å². The van der Waals surface area contributed by atoms with Gasteiger partial charge in [0.1, 0.15) is 6.54 Å². The van der Waals surface area contributed by atoms with Gasteiger partial charge in [0.25, 0.3) is 10.0 Å². The number of aryl methyl sites for hydroxylation is 5. The fourth-order valence-electron chi connectivity index (χ4n) is 3.86. The van der Waals surface area contributed by atoms with Crippen molar-refractivity contribution in [2.75, 3.05) is 10.8 Å². The summed E-state index contributed by atoms with van der Waals surface area (Å²) >= 11 is 0. The second-order valence-corrected chi connectivity index (χ2v) is 10.5. The number of carbonyl (C=O) groups excluding carboxylic acids is 1. The molecule has 3 rings (SSSR count). The van der Waals surface area contributed by atoms with Crippen LogP contribution in [-0.2, 0) is 14.8 Å². The molecule has 0 spiro atoms. The normalized spacial score (nSPS) is 12.3. The molecule has 0 saturated heterocycles. The van der Waals surface area contributed by atoms with Crippen LogP contribution in [0.1, 0.15) is 46.3 Å². The van der Waals surface area contributed by atoms with E-state index < -0.39 is 10.0 Å². The van der Waals surface area contributed by atoms with E-state index in [-0.39, 0.29) is 23.4 Å². The minimum absolute atomic E-state index is 0.147. The third-order valence-electron chi connectivity index (χ3n) is 6.12. The van der Waals surface area contributed by atoms with Gasteiger partial charge in [-0.1, -0.05) is 36.4 Å². The predicted octanol–water partition coefficient (Wildman–Crippen LogP) is 5.30. The topological polar surface area (TPSA) is 66.5 Å². The quantitative estimate of drug-likeness (QED) is 0.516. The average molecular weight is 465 g/mol. The average Bonchev–Trinajstić information content (AvgIpc) is 2.77. The summed E-state index contributed by atoms with van der Waals surface area (Å²) in [6.07, 6.45) is 0. The molecule has 5 nitrogen and oxygen atoms in total. The van der Waals surface area contributed by atoms with E-state index in [9.17, 15) is 13.2 Å². The molecule has 0 fully saturated rings. The zero-order valence-corrected chi connectivity index (χ0v) is 21.0. The Morgan fingerprint density at radius 1 is 0.818 bits per heavy atom. The van der Waals surface area contributed by atoms with Crippen molar-refractivity contribution in [3.8, 4) is 0 Å². The highest BCUT2D eigenvalue weighted by atomic mass is 32.2. The molecule has 0 aliphatic heterocycles. The number of benzene rings is 3. The van der Waals surface area contributed by atoms with Crippen LogP contribution in [0.4, 0.5) is 5.69 Å². The minimum atomic E-state index is -3.93. The SMILES string of the molecule is Cc1ccc(N(CC(=O)N[C@@H](C)c2cc(C)c(C)cc2C)S(=O)(=O)c2ccccc2)cc1C. The highest BCUT2D eigenvalue weighted by molar-refractivity contribution is 7.92. The Morgan fingerprint density at radius 2 is 1.42 bits per heavy atom. The van der Waals surface area contributed by atoms with Crippen molar-refractivity contribution < 1.29 is 13.2 Å². The van der Waals surface area contributed by atoms with Crippen LogP contribution in [0.3, 0.4) is 0 Å². The number of nitrogens with one attached hydrogen (secondary N) is 1. The zero-order chi connectivity index (χ0) is 24.3. The molecule has 0 heterocycles. The molecule has 0 aromatic heterocycles. The second kappa shape index (κ2) is 9.79. The van der Waals surface area contributed by atoms with Crippen molar-refractivity contribution >= 4 is 21.6 Å². The molecule has 174 valence electrons. The number of carbonyl (C=O) groups is 1. The van der Waals surface area contributed by atoms with Gasteiger partial charge in [0.15, 0.2) is 0 Å². The number of anilines is 1. The molecule has 33 heavy (non-hydrogen) atoms. The van der Waals surface area contributed by atoms with E-state index in [4.69, 9.17) is 0 Å². The molecule has 3 aromatic carbocycles. The molecule has 0 aliphatic rings. The zero-order valence-electron chi connectivity index (χ0n) is 20.1. The first kappa shape index (κ1) is 24.5. The summed E-state index contributed by atoms with van der Waals surface area (Å²) in [5, 5.41) is 2.99. The Balaban J connectivity index is 1.92. The monoisotopic (exact) mass is 464 g/mol. The first-order chi connectivity index (χ1) is 15.5. The third kappa shape index (κ3) is 5.45. The lowest BCUT2D eigenvalue weighted by atomic mass is 9.96. The van der Waals surface area contributed by atoms with Crippen molar-refractivity contribution in [2.45, 2.75) is 52.5 Å². The number of hydrogen-bond acceptors (Lipinski definition) is 3. The van der Waals surface area contributed by atoms with Crippen molar-refractivity contribution in [1.82, 2.24) is 5.32 Å². The van der Waals surface area contributed by atoms with Crippen LogP contribution < -0.4 is 9.62 Å². The summed E-state index contributed by atoms with van der Waals surface area (Å²) in [5.74, 6) is -0.363. The van der Waals surface area contributed by atoms with E-state index in [1.54, 1.807) is 42.5 Å². The van der Waals surface area contributed by atoms with Crippen LogP contribution in [0, 0.1) is 34.6 Å². The van der Waals surface area contributed by atoms with Gasteiger partial charge in [-0.05, 0) is 99.2 Å². The largest absolute Gasteiger partial charge is 0.348 e. The highest BCUT2D eigenvalue weighted by Crippen LogP contribution is 2.26. The molecule has 0 bridgehead atoms. The summed E-state index contributed by atoms with van der Waals surface area (Å²) < 4.78 is 28.2. The Kier molecular flexibility index (Phi) is 7.28. The lowest BCUT2D eigenvalue weighted by Crippen LogP contribution is -2.41. The number of rotatable bonds is 7. The van der Waals surface area contributed by atoms with Crippen LogP contribution in [-0.4, -0.2) is 20.9 Å². The van der Waals surface area contributed by atoms with Gasteiger partial charge >= 0.3 is 0 Å². The first-order valence-corrected chi connectivity index (χ1v) is 12.5. The van der Waals surface area contributed by atoms with E-state index in [0.717, 1.165) is 27.8 Å². The first-order valence-electron chi connectivity index (χ1n) is 11.0. The molecular formula is C27H32N2O3S. The van der Waals surface area contributed by atoms with Gasteiger partial charge in [0.05, 0.1) is 16.6 Å². The molecule has 1 atom stereocenters. The fraction of sp³-hybridized carbons (Fsp3) is 0.296. The summed E-state index contributed by atoms with van der Waals surface area (Å²) in [6, 6.07) is 17.6. The molecule has 6 heteroatoms. The molecule has 1 N–H and O–H groups in total. The van der Waals surface area contributed by atoms with Crippen molar-refractivity contribution in [2.24, 2.45) is 0 Å². The smallest absolute Gasteiger partial charge is 0.264 e. The number of nitrogens with zero attached hydrogens (tertiary/aromatic N) is 1. The van der Waals surface area contributed by atoms with Crippen LogP contribution in [0.25, 0.3) is 0 Å². The van der Waals surface area contributed by atoms with Crippen molar-refractivity contribution in [1.29, 1.82) is 0 Å². The van der Waals surface area contributed by atoms with Gasteiger partial charge in [-0.15, -0.1) is 0 Å². The third-order valence-corrected chi connectivity index (χ3v) is 7.91. The lowest BCUT2D eigenvalue weighted by Gasteiger charge is -2.26. The molecule has 3 aromatic rings. The second-order valence-electron chi connectivity index (χ2n) is 8.68. The Morgan fingerprint density at radius 3 is 2.06 bits per heavy atom. The fourth-order valence-corrected chi connectivity index (χ4v) is 5.29. The Labute approximate surface area is 197 Å². The van der Waals surface area contributed by atoms with E-state index in [0.29, 0.717) is 5.69 Å². The Hall–Kier alpha value is -3.12. The number of hydrogen-bond donors (Lipinski definition) is 1. The van der Waals surface area contributed by atoms with Gasteiger partial charge in [-0.3, -0.25) is 9.10 Å². The number of amides is 1. The maximum atomic E-state index is 13.5. The van der Waals surface area contributed by atoms with Crippen molar-refractivity contribution in [3.05, 3.63) is 94.0 Å². The summed E-state index contributed by atoms with van der Waals surface area (Å²) in [7, 11) is -3.93. The molecular weight excluding hydrogens is 432 g/mol. The maximum absolute atomic E-state index is 13.5. The van der Waals surface area contributed by atoms with Crippen LogP contribution in [0.2, 0.25) is 0 Å². The molecule has 0 aliphatic carbocycles. The summed E-state index contributed by atoms with van der Waals surface area (Å²) in [4.78, 5) is 13.2. The molecule has 1 amide bonds. The molecule has 0 saturated carbocycles. The van der Waals surface area contributed by atoms with Gasteiger partial charge in [0.2, 0.25) is 5.91 Å². The highest BCUT2D eigenvalue weighted by Gasteiger charge is 2.28. The Bertz CT molecular complexity index is 1270. The van der Waals surface area contributed by atoms with E-state index in [1.165, 1.54) is 9.87 Å². The van der Waals surface area contributed by atoms with Crippen LogP contribution >= 0.6 is 0 Å². The van der Waals surface area contributed by atoms with Crippen LogP contribution in [0.5, 0.6) is 0 Å². The standard InChI is InChI=1S/C27H32N2O3S/c1-18-12-13-24(15-20(18)3)29(33(31,32)25-10-8-7-9-11-25)17-27(30)28-23(6)26-16-21(4)19(2)14-22(26)5/h7-16,23H,17H2,1-6H3,(H,28,30)/t23-/m0/s1. The number of sulfonamides is 1. The van der Waals surface area contributed by atoms with Gasteiger partial charge < -0.3 is 5.32 Å². The van der Waals surface area contributed by atoms with Gasteiger partial charge in [-0.25, -0.2) is 8.42 Å². The van der Waals surface area contributed by atoms with Crippen molar-refractivity contribution in [3.63, 3.8) is 0 Å². The van der Waals surface area contributed by atoms with E-state index in [2.05, 4.69) is 24.4 Å². The predicted molar refractivity (Wildman–Crippen MR) is 134 cm³/mol. The van der Waals surface area contributed by atoms with E-state index in [1.807, 2.05) is 40.7 Å². The summed E-state index contributed by atoms with van der Waals surface area (Å²) in [6.45, 7) is 11.6. The van der Waals surface area contributed by atoms with E-state index >= 15 is 0 Å². The molecule has 0 radical (unpaired) electrons.